The standard InChI is InChI=1S/C22H26F6N6O3/c1-2-15(31-16-12-30-32-20(36)19(16)22(26,27)28)13-37-10-5-18(35)34-8-6-33(7-9-34)17-4-3-14(11-29-17)21(23,24)25/h3-4,11-12,15H,2,5-10,13H2,1H3,(H2,31,32,36)/t15-/m0/s1. The Morgan fingerprint density at radius 2 is 1.81 bits per heavy atom. The molecule has 2 aromatic rings. The Morgan fingerprint density at radius 1 is 1.11 bits per heavy atom. The summed E-state index contributed by atoms with van der Waals surface area (Å²) in [5, 5.41) is 7.81. The summed E-state index contributed by atoms with van der Waals surface area (Å²) in [4.78, 5) is 31.4. The summed E-state index contributed by atoms with van der Waals surface area (Å²) in [6, 6.07) is 1.71. The number of halogens is 6. The molecule has 0 radical (unpaired) electrons. The normalized spacial score (nSPS) is 15.5. The van der Waals surface area contributed by atoms with Crippen molar-refractivity contribution in [3.63, 3.8) is 0 Å². The van der Waals surface area contributed by atoms with Gasteiger partial charge in [-0.25, -0.2) is 10.1 Å². The van der Waals surface area contributed by atoms with Crippen molar-refractivity contribution in [2.45, 2.75) is 38.2 Å². The summed E-state index contributed by atoms with van der Waals surface area (Å²) in [7, 11) is 0. The lowest BCUT2D eigenvalue weighted by atomic mass is 10.2. The molecule has 3 rings (SSSR count). The van der Waals surface area contributed by atoms with Crippen LogP contribution in [0.15, 0.2) is 29.3 Å². The molecule has 0 spiro atoms. The summed E-state index contributed by atoms with van der Waals surface area (Å²) in [6.07, 6.45) is -7.23. The molecule has 37 heavy (non-hydrogen) atoms. The van der Waals surface area contributed by atoms with Crippen LogP contribution in [0.3, 0.4) is 0 Å². The van der Waals surface area contributed by atoms with Crippen LogP contribution in [0.1, 0.15) is 30.9 Å². The average Bonchev–Trinajstić information content (AvgIpc) is 2.84. The molecule has 1 amide bonds. The molecule has 0 saturated carbocycles. The smallest absolute Gasteiger partial charge is 0.379 e. The second-order valence-electron chi connectivity index (χ2n) is 8.33. The van der Waals surface area contributed by atoms with E-state index in [-0.39, 0.29) is 25.5 Å². The van der Waals surface area contributed by atoms with Gasteiger partial charge in [0.15, 0.2) is 0 Å². The van der Waals surface area contributed by atoms with E-state index in [1.807, 2.05) is 0 Å². The first-order chi connectivity index (χ1) is 17.4. The highest BCUT2D eigenvalue weighted by atomic mass is 19.4. The van der Waals surface area contributed by atoms with Gasteiger partial charge in [0.25, 0.3) is 5.56 Å². The third kappa shape index (κ3) is 7.57. The summed E-state index contributed by atoms with van der Waals surface area (Å²) in [6.45, 7) is 3.29. The number of hydrogen-bond acceptors (Lipinski definition) is 7. The highest BCUT2D eigenvalue weighted by Gasteiger charge is 2.37. The molecule has 2 aromatic heterocycles. The number of carbonyl (C=O) groups is 1. The first kappa shape index (κ1) is 28.2. The van der Waals surface area contributed by atoms with Gasteiger partial charge in [-0.05, 0) is 18.6 Å². The SMILES string of the molecule is CC[C@@H](COCCC(=O)N1CCN(c2ccc(C(F)(F)F)cn2)CC1)Nc1cn[nH]c(=O)c1C(F)(F)F. The third-order valence-electron chi connectivity index (χ3n) is 5.80. The highest BCUT2D eigenvalue weighted by Crippen LogP contribution is 2.32. The van der Waals surface area contributed by atoms with Crippen molar-refractivity contribution >= 4 is 17.4 Å². The van der Waals surface area contributed by atoms with Crippen LogP contribution in [0.4, 0.5) is 37.8 Å². The lowest BCUT2D eigenvalue weighted by molar-refractivity contribution is -0.138. The van der Waals surface area contributed by atoms with Crippen LogP contribution in [0.2, 0.25) is 0 Å². The van der Waals surface area contributed by atoms with Gasteiger partial charge in [0, 0.05) is 38.4 Å². The van der Waals surface area contributed by atoms with Gasteiger partial charge in [0.2, 0.25) is 5.91 Å². The van der Waals surface area contributed by atoms with Crippen molar-refractivity contribution in [2.75, 3.05) is 49.6 Å². The fourth-order valence-corrected chi connectivity index (χ4v) is 3.74. The highest BCUT2D eigenvalue weighted by molar-refractivity contribution is 5.76. The van der Waals surface area contributed by atoms with Crippen molar-refractivity contribution in [2.24, 2.45) is 0 Å². The zero-order valence-corrected chi connectivity index (χ0v) is 19.8. The Bertz CT molecular complexity index is 1100. The van der Waals surface area contributed by atoms with Gasteiger partial charge in [0.05, 0.1) is 37.1 Å². The van der Waals surface area contributed by atoms with E-state index in [9.17, 15) is 35.9 Å². The second kappa shape index (κ2) is 11.8. The number of rotatable bonds is 9. The minimum Gasteiger partial charge on any atom is -0.379 e. The Balaban J connectivity index is 1.43. The van der Waals surface area contributed by atoms with E-state index in [1.54, 1.807) is 21.8 Å². The minimum absolute atomic E-state index is 0.00123. The molecule has 9 nitrogen and oxygen atoms in total. The maximum Gasteiger partial charge on any atom is 0.423 e. The summed E-state index contributed by atoms with van der Waals surface area (Å²) < 4.78 is 83.2. The lowest BCUT2D eigenvalue weighted by Gasteiger charge is -2.35. The van der Waals surface area contributed by atoms with E-state index in [0.717, 1.165) is 18.5 Å². The average molecular weight is 536 g/mol. The van der Waals surface area contributed by atoms with E-state index in [2.05, 4.69) is 15.4 Å². The number of H-pyrrole nitrogens is 1. The molecule has 1 atom stereocenters. The molecule has 15 heteroatoms. The van der Waals surface area contributed by atoms with Crippen molar-refractivity contribution in [1.82, 2.24) is 20.1 Å². The number of carbonyl (C=O) groups excluding carboxylic acids is 1. The Labute approximate surface area is 207 Å². The Kier molecular flexibility index (Phi) is 8.99. The van der Waals surface area contributed by atoms with Crippen LogP contribution in [0, 0.1) is 0 Å². The lowest BCUT2D eigenvalue weighted by Crippen LogP contribution is -2.49. The molecule has 0 bridgehead atoms. The number of nitrogens with one attached hydrogen (secondary N) is 2. The quantitative estimate of drug-likeness (QED) is 0.375. The summed E-state index contributed by atoms with van der Waals surface area (Å²) in [5.74, 6) is 0.213. The van der Waals surface area contributed by atoms with Gasteiger partial charge in [-0.1, -0.05) is 6.92 Å². The summed E-state index contributed by atoms with van der Waals surface area (Å²) >= 11 is 0. The maximum absolute atomic E-state index is 13.2. The van der Waals surface area contributed by atoms with Crippen molar-refractivity contribution in [3.05, 3.63) is 46.0 Å². The molecule has 3 heterocycles. The zero-order chi connectivity index (χ0) is 27.2. The molecule has 0 unspecified atom stereocenters. The molecule has 0 aliphatic carbocycles. The van der Waals surface area contributed by atoms with E-state index in [1.165, 1.54) is 6.07 Å². The van der Waals surface area contributed by atoms with E-state index in [0.29, 0.717) is 38.4 Å². The number of piperazine rings is 1. The first-order valence-electron chi connectivity index (χ1n) is 11.4. The molecule has 204 valence electrons. The molecular weight excluding hydrogens is 510 g/mol. The van der Waals surface area contributed by atoms with Gasteiger partial charge in [-0.15, -0.1) is 0 Å². The summed E-state index contributed by atoms with van der Waals surface area (Å²) in [5.41, 5.74) is -4.02. The second-order valence-corrected chi connectivity index (χ2v) is 8.33. The van der Waals surface area contributed by atoms with Crippen molar-refractivity contribution in [3.8, 4) is 0 Å². The number of ether oxygens (including phenoxy) is 1. The largest absolute Gasteiger partial charge is 0.423 e. The van der Waals surface area contributed by atoms with Crippen LogP contribution in [0.5, 0.6) is 0 Å². The molecule has 1 aliphatic rings. The fraction of sp³-hybridized carbons (Fsp3) is 0.545. The number of amides is 1. The van der Waals surface area contributed by atoms with Crippen LogP contribution < -0.4 is 15.8 Å². The molecule has 1 fully saturated rings. The van der Waals surface area contributed by atoms with E-state index < -0.39 is 40.8 Å². The van der Waals surface area contributed by atoms with Gasteiger partial charge in [-0.2, -0.15) is 31.4 Å². The molecular formula is C22H26F6N6O3. The topological polar surface area (TPSA) is 103 Å². The predicted molar refractivity (Wildman–Crippen MR) is 121 cm³/mol. The van der Waals surface area contributed by atoms with Gasteiger partial charge >= 0.3 is 12.4 Å². The van der Waals surface area contributed by atoms with Gasteiger partial charge in [0.1, 0.15) is 11.4 Å². The molecule has 1 aliphatic heterocycles. The first-order valence-corrected chi connectivity index (χ1v) is 11.4. The van der Waals surface area contributed by atoms with Crippen LogP contribution in [0.25, 0.3) is 0 Å². The number of aromatic nitrogens is 3. The minimum atomic E-state index is -4.86. The van der Waals surface area contributed by atoms with Crippen molar-refractivity contribution in [1.29, 1.82) is 0 Å². The fourth-order valence-electron chi connectivity index (χ4n) is 3.74. The third-order valence-corrected chi connectivity index (χ3v) is 5.80. The molecule has 2 N–H and O–H groups in total. The number of pyridine rings is 1. The van der Waals surface area contributed by atoms with Crippen LogP contribution in [-0.2, 0) is 21.9 Å². The Morgan fingerprint density at radius 3 is 2.38 bits per heavy atom. The van der Waals surface area contributed by atoms with Crippen LogP contribution >= 0.6 is 0 Å². The number of nitrogens with zero attached hydrogens (tertiary/aromatic N) is 4. The zero-order valence-electron chi connectivity index (χ0n) is 19.8. The predicted octanol–water partition coefficient (Wildman–Crippen LogP) is 3.15. The monoisotopic (exact) mass is 536 g/mol. The van der Waals surface area contributed by atoms with Crippen molar-refractivity contribution < 1.29 is 35.9 Å². The number of aromatic amines is 1. The van der Waals surface area contributed by atoms with Gasteiger partial charge in [-0.3, -0.25) is 9.59 Å². The molecule has 0 aromatic carbocycles. The van der Waals surface area contributed by atoms with Crippen LogP contribution in [-0.4, -0.2) is 71.4 Å². The van der Waals surface area contributed by atoms with Gasteiger partial charge < -0.3 is 19.9 Å². The number of hydrogen-bond donors (Lipinski definition) is 2. The van der Waals surface area contributed by atoms with E-state index >= 15 is 0 Å². The van der Waals surface area contributed by atoms with E-state index in [4.69, 9.17) is 4.74 Å². The Hall–Kier alpha value is -3.36. The molecule has 1 saturated heterocycles. The maximum atomic E-state index is 13.2. The number of anilines is 2. The number of alkyl halides is 6.